The van der Waals surface area contributed by atoms with Gasteiger partial charge in [-0.05, 0) is 116 Å². The van der Waals surface area contributed by atoms with Gasteiger partial charge in [-0.2, -0.15) is 0 Å². The van der Waals surface area contributed by atoms with Crippen molar-refractivity contribution in [1.82, 2.24) is 0 Å². The van der Waals surface area contributed by atoms with Crippen LogP contribution in [0.15, 0.2) is 85.1 Å². The molecule has 5 atom stereocenters. The molecule has 0 aliphatic rings. The molecule has 0 saturated heterocycles. The van der Waals surface area contributed by atoms with E-state index in [2.05, 4.69) is 113 Å². The molecule has 0 aliphatic heterocycles. The summed E-state index contributed by atoms with van der Waals surface area (Å²) in [7, 11) is -9.95. The molecule has 0 aliphatic carbocycles. The van der Waals surface area contributed by atoms with Crippen molar-refractivity contribution in [3.05, 3.63) is 85.1 Å². The van der Waals surface area contributed by atoms with E-state index in [9.17, 15) is 43.2 Å². The number of hydrogen-bond donors (Lipinski definition) is 3. The number of unbranched alkanes of at least 4 members (excludes halogenated alkanes) is 33. The van der Waals surface area contributed by atoms with E-state index in [0.717, 1.165) is 180 Å². The van der Waals surface area contributed by atoms with Crippen molar-refractivity contribution in [3.8, 4) is 0 Å². The molecule has 0 heterocycles. The van der Waals surface area contributed by atoms with Gasteiger partial charge in [0.1, 0.15) is 19.3 Å². The van der Waals surface area contributed by atoms with Crippen molar-refractivity contribution < 1.29 is 80.2 Å². The molecule has 0 bridgehead atoms. The topological polar surface area (TPSA) is 237 Å². The minimum Gasteiger partial charge on any atom is -0.462 e. The van der Waals surface area contributed by atoms with Crippen molar-refractivity contribution in [2.45, 2.75) is 354 Å². The summed E-state index contributed by atoms with van der Waals surface area (Å²) in [6.07, 6.45) is 72.8. The van der Waals surface area contributed by atoms with Crippen LogP contribution >= 0.6 is 15.6 Å². The summed E-state index contributed by atoms with van der Waals surface area (Å²) >= 11 is 0. The molecule has 0 radical (unpaired) electrons. The summed E-state index contributed by atoms with van der Waals surface area (Å²) in [6.45, 7) is 4.68. The molecular weight excluding hydrogens is 1280 g/mol. The Morgan fingerprint density at radius 3 is 0.867 bits per heavy atom. The van der Waals surface area contributed by atoms with Gasteiger partial charge in [-0.3, -0.25) is 37.3 Å². The Hall–Kier alpha value is -3.76. The first-order chi connectivity index (χ1) is 47.7. The van der Waals surface area contributed by atoms with Gasteiger partial charge in [-0.1, -0.05) is 280 Å². The van der Waals surface area contributed by atoms with Crippen LogP contribution in [-0.2, 0) is 65.4 Å². The second-order valence-corrected chi connectivity index (χ2v) is 28.8. The van der Waals surface area contributed by atoms with Crippen molar-refractivity contribution in [3.63, 3.8) is 0 Å². The predicted molar refractivity (Wildman–Crippen MR) is 399 cm³/mol. The van der Waals surface area contributed by atoms with Crippen LogP contribution in [0.25, 0.3) is 0 Å². The lowest BCUT2D eigenvalue weighted by Gasteiger charge is -2.21. The van der Waals surface area contributed by atoms with E-state index < -0.39 is 97.5 Å². The summed E-state index contributed by atoms with van der Waals surface area (Å²) in [6, 6.07) is 0. The van der Waals surface area contributed by atoms with Crippen LogP contribution in [0, 0.1) is 0 Å². The molecule has 0 spiro atoms. The van der Waals surface area contributed by atoms with Crippen LogP contribution in [0.1, 0.15) is 336 Å². The number of carbonyl (C=O) groups excluding carboxylic acids is 4. The molecule has 568 valence electrons. The second-order valence-electron chi connectivity index (χ2n) is 25.9. The maximum Gasteiger partial charge on any atom is 0.472 e. The normalized spacial score (nSPS) is 14.4. The highest BCUT2D eigenvalue weighted by molar-refractivity contribution is 7.47. The minimum atomic E-state index is -4.98. The molecule has 3 N–H and O–H groups in total. The first-order valence-electron chi connectivity index (χ1n) is 38.8. The third-order valence-corrected chi connectivity index (χ3v) is 18.2. The van der Waals surface area contributed by atoms with Gasteiger partial charge in [0.2, 0.25) is 0 Å². The fourth-order valence-corrected chi connectivity index (χ4v) is 12.0. The van der Waals surface area contributed by atoms with Crippen molar-refractivity contribution in [1.29, 1.82) is 0 Å². The van der Waals surface area contributed by atoms with E-state index in [1.165, 1.54) is 77.0 Å². The Morgan fingerprint density at radius 2 is 0.551 bits per heavy atom. The predicted octanol–water partition coefficient (Wildman–Crippen LogP) is 22.2. The lowest BCUT2D eigenvalue weighted by molar-refractivity contribution is -0.161. The molecule has 0 fully saturated rings. The van der Waals surface area contributed by atoms with E-state index in [4.69, 9.17) is 37.0 Å². The molecule has 5 unspecified atom stereocenters. The molecule has 0 saturated carbocycles. The number of ether oxygens (including phenoxy) is 4. The average Bonchev–Trinajstić information content (AvgIpc) is 0.992. The molecule has 19 heteroatoms. The van der Waals surface area contributed by atoms with Gasteiger partial charge in [0.05, 0.1) is 26.4 Å². The van der Waals surface area contributed by atoms with E-state index in [1.807, 2.05) is 0 Å². The quantitative estimate of drug-likeness (QED) is 0.0169. The molecule has 0 aromatic carbocycles. The molecule has 17 nitrogen and oxygen atoms in total. The summed E-state index contributed by atoms with van der Waals surface area (Å²) in [5.41, 5.74) is 0. The van der Waals surface area contributed by atoms with E-state index in [1.54, 1.807) is 0 Å². The summed E-state index contributed by atoms with van der Waals surface area (Å²) in [5.74, 6) is -2.19. The van der Waals surface area contributed by atoms with Crippen LogP contribution in [0.5, 0.6) is 0 Å². The zero-order valence-electron chi connectivity index (χ0n) is 62.0. The minimum absolute atomic E-state index is 0.0832. The summed E-state index contributed by atoms with van der Waals surface area (Å²) in [4.78, 5) is 72.8. The maximum absolute atomic E-state index is 13.1. The number of phosphoric ester groups is 2. The van der Waals surface area contributed by atoms with Crippen LogP contribution < -0.4 is 0 Å². The third-order valence-electron chi connectivity index (χ3n) is 16.3. The molecule has 0 rings (SSSR count). The Kier molecular flexibility index (Phi) is 68.9. The number of hydrogen-bond acceptors (Lipinski definition) is 15. The van der Waals surface area contributed by atoms with E-state index in [-0.39, 0.29) is 25.7 Å². The number of phosphoric acid groups is 2. The summed E-state index contributed by atoms with van der Waals surface area (Å²) in [5, 5.41) is 10.6. The van der Waals surface area contributed by atoms with E-state index in [0.29, 0.717) is 25.7 Å². The van der Waals surface area contributed by atoms with Gasteiger partial charge >= 0.3 is 39.5 Å². The number of allylic oxidation sites excluding steroid dienone is 14. The number of rotatable bonds is 73. The van der Waals surface area contributed by atoms with Gasteiger partial charge in [-0.15, -0.1) is 0 Å². The lowest BCUT2D eigenvalue weighted by atomic mass is 10.1. The highest BCUT2D eigenvalue weighted by Crippen LogP contribution is 2.45. The van der Waals surface area contributed by atoms with Crippen molar-refractivity contribution >= 4 is 39.5 Å². The van der Waals surface area contributed by atoms with Gasteiger partial charge in [0.15, 0.2) is 12.2 Å². The van der Waals surface area contributed by atoms with E-state index >= 15 is 0 Å². The third kappa shape index (κ3) is 70.7. The Bertz CT molecular complexity index is 2190. The first kappa shape index (κ1) is 94.2. The highest BCUT2D eigenvalue weighted by Gasteiger charge is 2.30. The van der Waals surface area contributed by atoms with Gasteiger partial charge < -0.3 is 33.8 Å². The monoisotopic (exact) mass is 1420 g/mol. The molecule has 0 amide bonds. The summed E-state index contributed by atoms with van der Waals surface area (Å²) < 4.78 is 68.5. The molecule has 0 aromatic heterocycles. The number of aliphatic hydroxyl groups excluding tert-OH is 1. The first-order valence-corrected chi connectivity index (χ1v) is 41.8. The van der Waals surface area contributed by atoms with Crippen LogP contribution in [0.2, 0.25) is 0 Å². The van der Waals surface area contributed by atoms with Gasteiger partial charge in [-0.25, -0.2) is 9.13 Å². The van der Waals surface area contributed by atoms with Crippen molar-refractivity contribution in [2.24, 2.45) is 0 Å². The standard InChI is InChI=1S/C79H140O17P2/c1-5-9-13-17-21-25-29-32-34-35-36-37-39-41-45-48-52-56-60-64-77(82)90-70-75(96-79(84)66-62-58-54-50-46-42-38-33-30-26-22-18-14-10-6-2)72-94-98(87,88)92-68-73(80)67-91-97(85,86)93-71-74(95-78(83)65-61-57-53-49-43-28-24-20-16-12-8-4)69-89-76(81)63-59-55-51-47-44-40-31-27-23-19-15-11-7-3/h9,13,15,19,21,25,27,31-34,36-38,73-75,80H,5-8,10-12,14,16-18,20,22-24,26,28-30,35,39-72H2,1-4H3,(H,85,86)(H,87,88)/b13-9-,19-15-,25-21-,31-27-,34-32-,37-36-,38-33-. The average molecular weight is 1420 g/mol. The molecular formula is C79H140O17P2. The maximum atomic E-state index is 13.1. The fourth-order valence-electron chi connectivity index (χ4n) is 10.4. The lowest BCUT2D eigenvalue weighted by Crippen LogP contribution is -2.30. The van der Waals surface area contributed by atoms with Crippen LogP contribution in [0.3, 0.4) is 0 Å². The number of carbonyl (C=O) groups is 4. The largest absolute Gasteiger partial charge is 0.472 e. The van der Waals surface area contributed by atoms with Gasteiger partial charge in [0, 0.05) is 25.7 Å². The molecule has 98 heavy (non-hydrogen) atoms. The zero-order valence-corrected chi connectivity index (χ0v) is 63.7. The Labute approximate surface area is 595 Å². The number of esters is 4. The highest BCUT2D eigenvalue weighted by atomic mass is 31.2. The zero-order chi connectivity index (χ0) is 71.8. The fraction of sp³-hybridized carbons (Fsp3) is 0.772. The number of aliphatic hydroxyl groups is 1. The van der Waals surface area contributed by atoms with Gasteiger partial charge in [0.25, 0.3) is 0 Å². The van der Waals surface area contributed by atoms with Crippen LogP contribution in [-0.4, -0.2) is 96.7 Å². The smallest absolute Gasteiger partial charge is 0.462 e. The van der Waals surface area contributed by atoms with Crippen LogP contribution in [0.4, 0.5) is 0 Å². The Morgan fingerprint density at radius 1 is 0.296 bits per heavy atom. The second kappa shape index (κ2) is 71.6. The molecule has 0 aromatic rings. The Balaban J connectivity index is 5.32. The SMILES string of the molecule is CC/C=C\C/C=C\C/C=C\C/C=C\CCCCCCCCC(=O)OCC(COP(=O)(O)OCC(O)COP(=O)(O)OCC(COC(=O)CCCCCCC/C=C\C/C=C\CCC)OC(=O)CCCCCCCCCCCCC)OC(=O)CCCCCCC/C=C\CCCCCCCC. The van der Waals surface area contributed by atoms with Crippen molar-refractivity contribution in [2.75, 3.05) is 39.6 Å².